The summed E-state index contributed by atoms with van der Waals surface area (Å²) in [4.78, 5) is 13.0. The number of rotatable bonds is 3. The Balaban J connectivity index is 2.20. The molecule has 0 saturated heterocycles. The summed E-state index contributed by atoms with van der Waals surface area (Å²) < 4.78 is 4.41. The van der Waals surface area contributed by atoms with Crippen LogP contribution in [0.4, 0.5) is 0 Å². The van der Waals surface area contributed by atoms with E-state index in [0.29, 0.717) is 19.5 Å². The lowest BCUT2D eigenvalue weighted by Crippen LogP contribution is -2.29. The molecular weight excluding hydrogens is 372 g/mol. The number of allylic oxidation sites excluding steroid dienone is 1. The van der Waals surface area contributed by atoms with Crippen LogP contribution in [-0.2, 0) is 20.1 Å². The second-order valence-electron chi connectivity index (χ2n) is 7.61. The Morgan fingerprint density at radius 3 is 2.80 bits per heavy atom. The van der Waals surface area contributed by atoms with Crippen LogP contribution in [0.5, 0.6) is 0 Å². The highest BCUT2D eigenvalue weighted by Crippen LogP contribution is 2.39. The zero-order chi connectivity index (χ0) is 21.0. The second-order valence-corrected chi connectivity index (χ2v) is 7.61. The fourth-order valence-electron chi connectivity index (χ4n) is 5.08. The highest BCUT2D eigenvalue weighted by atomic mass is 16.1. The maximum Gasteiger partial charge on any atom is 0.252 e. The lowest BCUT2D eigenvalue weighted by Gasteiger charge is -2.10. The molecule has 5 heteroatoms. The van der Waals surface area contributed by atoms with Crippen molar-refractivity contribution in [2.75, 3.05) is 0 Å². The molecular formula is C25H22N4O. The average molecular weight is 394 g/mol. The highest BCUT2D eigenvalue weighted by Gasteiger charge is 2.30. The summed E-state index contributed by atoms with van der Waals surface area (Å²) in [6.07, 6.45) is 6.30. The molecule has 0 bridgehead atoms. The quantitative estimate of drug-likeness (QED) is 0.580. The number of amides is 1. The van der Waals surface area contributed by atoms with Crippen LogP contribution in [-0.4, -0.2) is 15.0 Å². The molecule has 2 aromatic heterocycles. The molecule has 0 unspecified atom stereocenters. The predicted molar refractivity (Wildman–Crippen MR) is 121 cm³/mol. The van der Waals surface area contributed by atoms with E-state index in [0.717, 1.165) is 54.4 Å². The molecule has 1 aliphatic heterocycles. The zero-order valence-corrected chi connectivity index (χ0v) is 17.1. The molecule has 0 atom stereocenters. The van der Waals surface area contributed by atoms with Crippen LogP contribution in [0.15, 0.2) is 36.9 Å². The summed E-state index contributed by atoms with van der Waals surface area (Å²) in [5.74, 6) is -0.0235. The fourth-order valence-corrected chi connectivity index (χ4v) is 5.08. The number of hydrogen-bond donors (Lipinski definition) is 1. The number of hydrogen-bond acceptors (Lipinski definition) is 2. The predicted octanol–water partition coefficient (Wildman–Crippen LogP) is 3.21. The number of carbonyl (C=O) groups excluding carboxylic acids is 1. The number of aromatic nitrogens is 2. The first-order valence-corrected chi connectivity index (χ1v) is 10.1. The van der Waals surface area contributed by atoms with E-state index in [4.69, 9.17) is 0 Å². The van der Waals surface area contributed by atoms with Crippen LogP contribution in [0, 0.1) is 11.3 Å². The minimum absolute atomic E-state index is 0.0235. The number of fused-ring (bicyclic) bond motifs is 8. The Morgan fingerprint density at radius 1 is 1.27 bits per heavy atom. The van der Waals surface area contributed by atoms with Gasteiger partial charge in [-0.3, -0.25) is 4.79 Å². The van der Waals surface area contributed by atoms with Crippen molar-refractivity contribution in [1.29, 1.82) is 5.26 Å². The molecule has 148 valence electrons. The third-order valence-corrected chi connectivity index (χ3v) is 6.19. The van der Waals surface area contributed by atoms with Crippen LogP contribution in [0.1, 0.15) is 29.3 Å². The van der Waals surface area contributed by atoms with Gasteiger partial charge in [-0.1, -0.05) is 43.0 Å². The number of benzene rings is 2. The van der Waals surface area contributed by atoms with E-state index in [1.165, 1.54) is 0 Å². The van der Waals surface area contributed by atoms with E-state index in [2.05, 4.69) is 52.4 Å². The fraction of sp³-hybridized carbons (Fsp3) is 0.200. The second kappa shape index (κ2) is 6.64. The molecule has 0 radical (unpaired) electrons. The van der Waals surface area contributed by atoms with Crippen molar-refractivity contribution in [3.05, 3.63) is 58.6 Å². The van der Waals surface area contributed by atoms with Crippen LogP contribution in [0.3, 0.4) is 0 Å². The monoisotopic (exact) mass is 394 g/mol. The van der Waals surface area contributed by atoms with Gasteiger partial charge in [-0.25, -0.2) is 0 Å². The highest BCUT2D eigenvalue weighted by molar-refractivity contribution is 6.27. The van der Waals surface area contributed by atoms with Gasteiger partial charge in [0.2, 0.25) is 0 Å². The van der Waals surface area contributed by atoms with Crippen molar-refractivity contribution in [1.82, 2.24) is 14.5 Å². The minimum atomic E-state index is -0.0235. The molecule has 4 aromatic rings. The molecule has 5 rings (SSSR count). The molecule has 30 heavy (non-hydrogen) atoms. The Bertz CT molecular complexity index is 1560. The third-order valence-electron chi connectivity index (χ3n) is 6.19. The van der Waals surface area contributed by atoms with Gasteiger partial charge in [-0.2, -0.15) is 5.26 Å². The van der Waals surface area contributed by atoms with Crippen LogP contribution in [0.25, 0.3) is 44.9 Å². The van der Waals surface area contributed by atoms with Gasteiger partial charge in [0.1, 0.15) is 0 Å². The van der Waals surface area contributed by atoms with Gasteiger partial charge in [-0.05, 0) is 18.6 Å². The summed E-state index contributed by atoms with van der Waals surface area (Å²) in [7, 11) is 2.05. The van der Waals surface area contributed by atoms with Crippen molar-refractivity contribution < 1.29 is 4.79 Å². The molecule has 2 aromatic carbocycles. The average Bonchev–Trinajstić information content (AvgIpc) is 3.38. The largest absolute Gasteiger partial charge is 0.348 e. The van der Waals surface area contributed by atoms with Gasteiger partial charge in [0.15, 0.2) is 0 Å². The molecule has 1 aliphatic rings. The molecule has 0 aliphatic carbocycles. The summed E-state index contributed by atoms with van der Waals surface area (Å²) in [6.45, 7) is 7.03. The van der Waals surface area contributed by atoms with E-state index in [9.17, 15) is 10.1 Å². The van der Waals surface area contributed by atoms with Crippen LogP contribution >= 0.6 is 0 Å². The van der Waals surface area contributed by atoms with E-state index in [1.54, 1.807) is 6.08 Å². The molecule has 3 heterocycles. The first kappa shape index (κ1) is 18.3. The molecule has 1 N–H and O–H groups in total. The normalized spacial score (nSPS) is 14.6. The van der Waals surface area contributed by atoms with Gasteiger partial charge in [-0.15, -0.1) is 0 Å². The van der Waals surface area contributed by atoms with Crippen molar-refractivity contribution in [3.63, 3.8) is 0 Å². The number of nitrogens with zero attached hydrogens (tertiary/aromatic N) is 3. The Kier molecular flexibility index (Phi) is 4.04. The summed E-state index contributed by atoms with van der Waals surface area (Å²) in [5, 5.41) is 17.6. The summed E-state index contributed by atoms with van der Waals surface area (Å²) >= 11 is 0. The number of carbonyl (C=O) groups is 1. The number of para-hydroxylation sites is 1. The van der Waals surface area contributed by atoms with Crippen molar-refractivity contribution >= 4 is 50.8 Å². The SMILES string of the molecule is C=C/C=c1\c(=C/C)n(CCC#N)c2c1c1c(c3c4ccccc4n(C)c32)C(=O)NC1. The third kappa shape index (κ3) is 2.19. The number of aryl methyl sites for hydroxylation is 2. The van der Waals surface area contributed by atoms with Crippen LogP contribution < -0.4 is 15.9 Å². The Labute approximate surface area is 173 Å². The van der Waals surface area contributed by atoms with Crippen molar-refractivity contribution in [2.24, 2.45) is 7.05 Å². The molecule has 5 nitrogen and oxygen atoms in total. The first-order chi connectivity index (χ1) is 14.6. The van der Waals surface area contributed by atoms with E-state index >= 15 is 0 Å². The van der Waals surface area contributed by atoms with Crippen molar-refractivity contribution in [3.8, 4) is 6.07 Å². The molecule has 0 spiro atoms. The topological polar surface area (TPSA) is 62.8 Å². The Morgan fingerprint density at radius 2 is 2.07 bits per heavy atom. The summed E-state index contributed by atoms with van der Waals surface area (Å²) in [6, 6.07) is 10.5. The number of nitriles is 1. The zero-order valence-electron chi connectivity index (χ0n) is 17.1. The lowest BCUT2D eigenvalue weighted by atomic mass is 9.97. The molecule has 0 fully saturated rings. The van der Waals surface area contributed by atoms with Gasteiger partial charge < -0.3 is 14.5 Å². The van der Waals surface area contributed by atoms with Gasteiger partial charge in [0, 0.05) is 52.4 Å². The van der Waals surface area contributed by atoms with Crippen LogP contribution in [0.2, 0.25) is 0 Å². The maximum atomic E-state index is 13.0. The van der Waals surface area contributed by atoms with Gasteiger partial charge in [0.25, 0.3) is 5.91 Å². The van der Waals surface area contributed by atoms with E-state index in [-0.39, 0.29) is 5.91 Å². The lowest BCUT2D eigenvalue weighted by molar-refractivity contribution is 0.0967. The van der Waals surface area contributed by atoms with E-state index in [1.807, 2.05) is 25.1 Å². The molecule has 0 saturated carbocycles. The maximum absolute atomic E-state index is 13.0. The first-order valence-electron chi connectivity index (χ1n) is 10.1. The standard InChI is InChI=1S/C25H22N4O/c1-4-9-15-18(5-2)29(13-8-12-26)24-20(15)17-14-27-25(30)22(17)21-16-10-6-7-11-19(16)28(3)23(21)24/h4-7,9-11H,1,8,13-14H2,2-3H3,(H,27,30)/b15-9+,18-5+. The Hall–Kier alpha value is -3.78. The smallest absolute Gasteiger partial charge is 0.252 e. The van der Waals surface area contributed by atoms with Gasteiger partial charge in [0.05, 0.1) is 29.1 Å². The van der Waals surface area contributed by atoms with E-state index < -0.39 is 0 Å². The van der Waals surface area contributed by atoms with Gasteiger partial charge >= 0.3 is 0 Å². The van der Waals surface area contributed by atoms with Crippen molar-refractivity contribution in [2.45, 2.75) is 26.4 Å². The minimum Gasteiger partial charge on any atom is -0.348 e. The number of nitrogens with one attached hydrogen (secondary N) is 1. The molecule has 1 amide bonds. The summed E-state index contributed by atoms with van der Waals surface area (Å²) in [5.41, 5.74) is 5.01.